The van der Waals surface area contributed by atoms with Crippen molar-refractivity contribution < 1.29 is 17.6 Å². The number of hydrogen-bond donors (Lipinski definition) is 1. The van der Waals surface area contributed by atoms with Crippen LogP contribution in [0.5, 0.6) is 0 Å². The molecule has 8 heteroatoms. The van der Waals surface area contributed by atoms with Gasteiger partial charge in [0.15, 0.2) is 15.7 Å². The molecule has 0 spiro atoms. The molecule has 1 heterocycles. The molecule has 112 valence electrons. The van der Waals surface area contributed by atoms with Gasteiger partial charge in [0.05, 0.1) is 10.6 Å². The van der Waals surface area contributed by atoms with Crippen LogP contribution in [0.1, 0.15) is 6.42 Å². The van der Waals surface area contributed by atoms with Gasteiger partial charge in [0.1, 0.15) is 5.82 Å². The number of sulfone groups is 1. The Labute approximate surface area is 121 Å². The third kappa shape index (κ3) is 4.12. The van der Waals surface area contributed by atoms with Crippen molar-refractivity contribution >= 4 is 21.6 Å². The number of aryl methyl sites for hydroxylation is 1. The Morgan fingerprint density at radius 1 is 1.29 bits per heavy atom. The molecule has 1 amide bonds. The summed E-state index contributed by atoms with van der Waals surface area (Å²) in [5.41, 5.74) is 0. The van der Waals surface area contributed by atoms with E-state index in [4.69, 9.17) is 0 Å². The number of aromatic nitrogens is 2. The zero-order valence-electron chi connectivity index (χ0n) is 11.3. The highest BCUT2D eigenvalue weighted by atomic mass is 32.2. The number of hydrogen-bond acceptors (Lipinski definition) is 4. The summed E-state index contributed by atoms with van der Waals surface area (Å²) in [6.45, 7) is 0. The molecule has 21 heavy (non-hydrogen) atoms. The monoisotopic (exact) mass is 311 g/mol. The second-order valence-corrected chi connectivity index (χ2v) is 6.55. The fraction of sp³-hybridized carbons (Fsp3) is 0.231. The number of amides is 1. The number of nitrogens with zero attached hydrogens (tertiary/aromatic N) is 2. The van der Waals surface area contributed by atoms with E-state index in [1.54, 1.807) is 19.3 Å². The maximum Gasteiger partial charge on any atom is 0.226 e. The van der Waals surface area contributed by atoms with E-state index < -0.39 is 21.6 Å². The summed E-state index contributed by atoms with van der Waals surface area (Å²) in [6.07, 6.45) is 1.46. The van der Waals surface area contributed by atoms with E-state index in [1.807, 2.05) is 0 Å². The van der Waals surface area contributed by atoms with Gasteiger partial charge in [-0.1, -0.05) is 0 Å². The number of carbonyl (C=O) groups excluding carboxylic acids is 1. The number of carbonyl (C=O) groups is 1. The summed E-state index contributed by atoms with van der Waals surface area (Å²) in [6, 6.07) is 6.11. The lowest BCUT2D eigenvalue weighted by atomic mass is 10.4. The normalized spacial score (nSPS) is 11.3. The minimum Gasteiger partial charge on any atom is -0.309 e. The lowest BCUT2D eigenvalue weighted by Gasteiger charge is -2.04. The molecule has 0 atom stereocenters. The zero-order chi connectivity index (χ0) is 15.5. The van der Waals surface area contributed by atoms with Crippen molar-refractivity contribution in [3.05, 3.63) is 42.3 Å². The van der Waals surface area contributed by atoms with Crippen molar-refractivity contribution in [2.75, 3.05) is 11.1 Å². The molecule has 0 saturated carbocycles. The third-order valence-corrected chi connectivity index (χ3v) is 4.48. The first-order chi connectivity index (χ1) is 9.87. The molecule has 1 aromatic heterocycles. The van der Waals surface area contributed by atoms with Gasteiger partial charge in [-0.2, -0.15) is 5.10 Å². The van der Waals surface area contributed by atoms with Gasteiger partial charge in [-0.3, -0.25) is 9.48 Å². The van der Waals surface area contributed by atoms with E-state index in [0.717, 1.165) is 12.1 Å². The van der Waals surface area contributed by atoms with Crippen LogP contribution in [0.15, 0.2) is 41.4 Å². The molecule has 1 N–H and O–H groups in total. The predicted molar refractivity (Wildman–Crippen MR) is 74.9 cm³/mol. The lowest BCUT2D eigenvalue weighted by Crippen LogP contribution is -2.17. The molecule has 0 bridgehead atoms. The second-order valence-electron chi connectivity index (χ2n) is 4.45. The van der Waals surface area contributed by atoms with Gasteiger partial charge in [-0.15, -0.1) is 0 Å². The first-order valence-electron chi connectivity index (χ1n) is 6.15. The van der Waals surface area contributed by atoms with E-state index in [0.29, 0.717) is 5.82 Å². The van der Waals surface area contributed by atoms with Gasteiger partial charge in [0.25, 0.3) is 0 Å². The Morgan fingerprint density at radius 3 is 2.52 bits per heavy atom. The Morgan fingerprint density at radius 2 is 1.95 bits per heavy atom. The first-order valence-corrected chi connectivity index (χ1v) is 7.80. The average Bonchev–Trinajstić information content (AvgIpc) is 2.82. The standard InChI is InChI=1S/C13H14FN3O3S/c1-17-8-6-12(16-17)15-13(18)7-9-21(19,20)11-4-2-10(14)3-5-11/h2-6,8H,7,9H2,1H3,(H,15,16,18). The molecule has 0 radical (unpaired) electrons. The average molecular weight is 311 g/mol. The molecule has 0 aliphatic carbocycles. The molecule has 0 fully saturated rings. The van der Waals surface area contributed by atoms with Crippen LogP contribution in [-0.2, 0) is 21.7 Å². The van der Waals surface area contributed by atoms with E-state index >= 15 is 0 Å². The minimum absolute atomic E-state index is 0.00506. The molecule has 1 aromatic carbocycles. The number of benzene rings is 1. The summed E-state index contributed by atoms with van der Waals surface area (Å²) >= 11 is 0. The molecule has 2 aromatic rings. The second kappa shape index (κ2) is 6.04. The smallest absolute Gasteiger partial charge is 0.226 e. The summed E-state index contributed by atoms with van der Waals surface area (Å²) in [5.74, 6) is -0.944. The van der Waals surface area contributed by atoms with Crippen molar-refractivity contribution in [1.82, 2.24) is 9.78 Å². The van der Waals surface area contributed by atoms with Crippen molar-refractivity contribution in [3.8, 4) is 0 Å². The van der Waals surface area contributed by atoms with Crippen LogP contribution in [0.4, 0.5) is 10.2 Å². The molecular weight excluding hydrogens is 297 g/mol. The fourth-order valence-electron chi connectivity index (χ4n) is 1.67. The van der Waals surface area contributed by atoms with Gasteiger partial charge >= 0.3 is 0 Å². The number of halogens is 1. The molecule has 0 unspecified atom stereocenters. The molecule has 0 saturated heterocycles. The van der Waals surface area contributed by atoms with Crippen LogP contribution < -0.4 is 5.32 Å². The lowest BCUT2D eigenvalue weighted by molar-refractivity contribution is -0.115. The zero-order valence-corrected chi connectivity index (χ0v) is 12.1. The molecule has 0 aliphatic heterocycles. The topological polar surface area (TPSA) is 81.1 Å². The maximum absolute atomic E-state index is 12.8. The van der Waals surface area contributed by atoms with E-state index in [1.165, 1.54) is 16.8 Å². The van der Waals surface area contributed by atoms with Crippen molar-refractivity contribution in [2.24, 2.45) is 7.05 Å². The number of rotatable bonds is 5. The fourth-order valence-corrected chi connectivity index (χ4v) is 2.91. The molecule has 2 rings (SSSR count). The maximum atomic E-state index is 12.8. The summed E-state index contributed by atoms with van der Waals surface area (Å²) in [5, 5.41) is 6.46. The number of nitrogens with one attached hydrogen (secondary N) is 1. The van der Waals surface area contributed by atoms with Gasteiger partial charge < -0.3 is 5.32 Å². The van der Waals surface area contributed by atoms with Crippen LogP contribution >= 0.6 is 0 Å². The number of anilines is 1. The third-order valence-electron chi connectivity index (χ3n) is 2.75. The Kier molecular flexibility index (Phi) is 4.37. The van der Waals surface area contributed by atoms with Crippen LogP contribution in [0, 0.1) is 5.82 Å². The van der Waals surface area contributed by atoms with Gasteiger partial charge in [-0.05, 0) is 24.3 Å². The van der Waals surface area contributed by atoms with Crippen LogP contribution in [0.2, 0.25) is 0 Å². The predicted octanol–water partition coefficient (Wildman–Crippen LogP) is 1.36. The Bertz CT molecular complexity index is 738. The van der Waals surface area contributed by atoms with Gasteiger partial charge in [-0.25, -0.2) is 12.8 Å². The Hall–Kier alpha value is -2.22. The van der Waals surface area contributed by atoms with Crippen molar-refractivity contribution in [3.63, 3.8) is 0 Å². The largest absolute Gasteiger partial charge is 0.309 e. The van der Waals surface area contributed by atoms with E-state index in [-0.39, 0.29) is 17.1 Å². The van der Waals surface area contributed by atoms with E-state index in [9.17, 15) is 17.6 Å². The van der Waals surface area contributed by atoms with Crippen molar-refractivity contribution in [1.29, 1.82) is 0 Å². The summed E-state index contributed by atoms with van der Waals surface area (Å²) in [4.78, 5) is 11.7. The van der Waals surface area contributed by atoms with E-state index in [2.05, 4.69) is 10.4 Å². The highest BCUT2D eigenvalue weighted by Gasteiger charge is 2.17. The highest BCUT2D eigenvalue weighted by molar-refractivity contribution is 7.91. The van der Waals surface area contributed by atoms with Gasteiger partial charge in [0.2, 0.25) is 5.91 Å². The van der Waals surface area contributed by atoms with Crippen LogP contribution in [0.3, 0.4) is 0 Å². The summed E-state index contributed by atoms with van der Waals surface area (Å²) < 4.78 is 38.2. The first kappa shape index (κ1) is 15.2. The molecule has 0 aliphatic rings. The highest BCUT2D eigenvalue weighted by Crippen LogP contribution is 2.13. The minimum atomic E-state index is -3.61. The van der Waals surface area contributed by atoms with Crippen LogP contribution in [-0.4, -0.2) is 29.9 Å². The molecular formula is C13H14FN3O3S. The SMILES string of the molecule is Cn1ccc(NC(=O)CCS(=O)(=O)c2ccc(F)cc2)n1. The van der Waals surface area contributed by atoms with Gasteiger partial charge in [0, 0.05) is 25.7 Å². The summed E-state index contributed by atoms with van der Waals surface area (Å²) in [7, 11) is -1.91. The Balaban J connectivity index is 1.95. The van der Waals surface area contributed by atoms with Crippen molar-refractivity contribution in [2.45, 2.75) is 11.3 Å². The quantitative estimate of drug-likeness (QED) is 0.845. The molecule has 6 nitrogen and oxygen atoms in total. The van der Waals surface area contributed by atoms with Crippen LogP contribution in [0.25, 0.3) is 0 Å².